The number of benzene rings is 3. The van der Waals surface area contributed by atoms with Gasteiger partial charge in [-0.25, -0.2) is 15.0 Å². The summed E-state index contributed by atoms with van der Waals surface area (Å²) in [7, 11) is 0. The summed E-state index contributed by atoms with van der Waals surface area (Å²) >= 11 is 0. The van der Waals surface area contributed by atoms with E-state index in [-0.39, 0.29) is 16.6 Å². The number of aromatic hydroxyl groups is 1. The van der Waals surface area contributed by atoms with Gasteiger partial charge in [0.25, 0.3) is 0 Å². The van der Waals surface area contributed by atoms with Crippen LogP contribution < -0.4 is 4.74 Å². The molecule has 42 heavy (non-hydrogen) atoms. The van der Waals surface area contributed by atoms with Crippen LogP contribution in [0.5, 0.6) is 11.5 Å². The molecule has 0 atom stereocenters. The van der Waals surface area contributed by atoms with Crippen molar-refractivity contribution in [2.24, 2.45) is 5.92 Å². The molecule has 0 aliphatic carbocycles. The van der Waals surface area contributed by atoms with Crippen molar-refractivity contribution in [2.75, 3.05) is 6.61 Å². The largest absolute Gasteiger partial charge is 0.507 e. The predicted molar refractivity (Wildman–Crippen MR) is 174 cm³/mol. The molecular formula is C37H47N3O2. The van der Waals surface area contributed by atoms with E-state index in [1.54, 1.807) is 6.07 Å². The second kappa shape index (κ2) is 13.1. The average molecular weight is 566 g/mol. The molecule has 0 radical (unpaired) electrons. The Morgan fingerprint density at radius 2 is 1.14 bits per heavy atom. The Bertz CT molecular complexity index is 1380. The van der Waals surface area contributed by atoms with Crippen molar-refractivity contribution < 1.29 is 9.84 Å². The first-order valence-electron chi connectivity index (χ1n) is 15.3. The van der Waals surface area contributed by atoms with Gasteiger partial charge in [-0.1, -0.05) is 117 Å². The van der Waals surface area contributed by atoms with Gasteiger partial charge in [0.15, 0.2) is 17.5 Å². The molecule has 222 valence electrons. The van der Waals surface area contributed by atoms with Crippen LogP contribution in [0.25, 0.3) is 34.2 Å². The number of hydrogen-bond donors (Lipinski definition) is 1. The van der Waals surface area contributed by atoms with E-state index in [0.717, 1.165) is 29.9 Å². The van der Waals surface area contributed by atoms with Crippen LogP contribution in [0.1, 0.15) is 92.2 Å². The number of rotatable bonds is 10. The standard InChI is InChI=1S/C37H47N3O2/c1-9-25(10-2)12-11-23-42-30-21-22-31(32(41)24-30)35-39-33(26-13-17-28(18-14-26)36(3,4)5)38-34(40-35)27-15-19-29(20-16-27)37(6,7)8/h13-22,24-25,41H,9-12,23H2,1-8H3. The van der Waals surface area contributed by atoms with E-state index >= 15 is 0 Å². The first-order valence-corrected chi connectivity index (χ1v) is 15.3. The number of ether oxygens (including phenoxy) is 1. The maximum absolute atomic E-state index is 11.1. The minimum absolute atomic E-state index is 0.0477. The molecule has 0 unspecified atom stereocenters. The van der Waals surface area contributed by atoms with E-state index in [0.29, 0.717) is 35.4 Å². The van der Waals surface area contributed by atoms with Gasteiger partial charge in [0, 0.05) is 17.2 Å². The van der Waals surface area contributed by atoms with E-state index in [1.807, 2.05) is 12.1 Å². The lowest BCUT2D eigenvalue weighted by molar-refractivity contribution is 0.287. The van der Waals surface area contributed by atoms with Crippen LogP contribution in [-0.2, 0) is 10.8 Å². The molecule has 0 aliphatic heterocycles. The highest BCUT2D eigenvalue weighted by atomic mass is 16.5. The smallest absolute Gasteiger partial charge is 0.167 e. The van der Waals surface area contributed by atoms with E-state index in [9.17, 15) is 5.11 Å². The third-order valence-corrected chi connectivity index (χ3v) is 8.04. The lowest BCUT2D eigenvalue weighted by Gasteiger charge is -2.19. The minimum Gasteiger partial charge on any atom is -0.507 e. The Morgan fingerprint density at radius 1 is 0.667 bits per heavy atom. The fraction of sp³-hybridized carbons (Fsp3) is 0.432. The van der Waals surface area contributed by atoms with Crippen LogP contribution >= 0.6 is 0 Å². The Morgan fingerprint density at radius 3 is 1.57 bits per heavy atom. The highest BCUT2D eigenvalue weighted by molar-refractivity contribution is 5.70. The Labute approximate surface area is 252 Å². The van der Waals surface area contributed by atoms with Crippen LogP contribution in [0.15, 0.2) is 66.7 Å². The fourth-order valence-corrected chi connectivity index (χ4v) is 5.04. The monoisotopic (exact) mass is 565 g/mol. The SMILES string of the molecule is CCC(CC)CCCOc1ccc(-c2nc(-c3ccc(C(C)(C)C)cc3)nc(-c3ccc(C(C)(C)C)cc3)n2)c(O)c1. The molecule has 1 aromatic heterocycles. The second-order valence-corrected chi connectivity index (χ2v) is 13.3. The molecule has 0 fully saturated rings. The number of phenolic OH excluding ortho intramolecular Hbond substituents is 1. The molecule has 5 heteroatoms. The summed E-state index contributed by atoms with van der Waals surface area (Å²) < 4.78 is 5.97. The lowest BCUT2D eigenvalue weighted by Crippen LogP contribution is -2.10. The van der Waals surface area contributed by atoms with E-state index in [4.69, 9.17) is 19.7 Å². The molecule has 0 saturated heterocycles. The Balaban J connectivity index is 1.68. The Hall–Kier alpha value is -3.73. The molecular weight excluding hydrogens is 518 g/mol. The fourth-order valence-electron chi connectivity index (χ4n) is 5.04. The zero-order valence-corrected chi connectivity index (χ0v) is 26.7. The highest BCUT2D eigenvalue weighted by Crippen LogP contribution is 2.34. The van der Waals surface area contributed by atoms with Crippen molar-refractivity contribution >= 4 is 0 Å². The van der Waals surface area contributed by atoms with Gasteiger partial charge in [-0.05, 0) is 52.8 Å². The topological polar surface area (TPSA) is 68.1 Å². The van der Waals surface area contributed by atoms with Gasteiger partial charge in [0.2, 0.25) is 0 Å². The summed E-state index contributed by atoms with van der Waals surface area (Å²) in [5, 5.41) is 11.1. The molecule has 0 aliphatic rings. The first-order chi connectivity index (χ1) is 19.9. The number of aromatic nitrogens is 3. The quantitative estimate of drug-likeness (QED) is 0.194. The summed E-state index contributed by atoms with van der Waals surface area (Å²) in [6, 6.07) is 22.1. The molecule has 1 N–H and O–H groups in total. The summed E-state index contributed by atoms with van der Waals surface area (Å²) in [6.07, 6.45) is 4.55. The van der Waals surface area contributed by atoms with Gasteiger partial charge >= 0.3 is 0 Å². The summed E-state index contributed by atoms with van der Waals surface area (Å²) in [5.41, 5.74) is 4.92. The summed E-state index contributed by atoms with van der Waals surface area (Å²) in [4.78, 5) is 14.5. The van der Waals surface area contributed by atoms with Gasteiger partial charge in [-0.2, -0.15) is 0 Å². The third kappa shape index (κ3) is 7.76. The van der Waals surface area contributed by atoms with Crippen molar-refractivity contribution in [3.05, 3.63) is 77.9 Å². The van der Waals surface area contributed by atoms with Gasteiger partial charge in [0.1, 0.15) is 11.5 Å². The molecule has 4 aromatic rings. The molecule has 0 spiro atoms. The molecule has 0 saturated carbocycles. The first kappa shape index (κ1) is 31.2. The van der Waals surface area contributed by atoms with E-state index < -0.39 is 0 Å². The van der Waals surface area contributed by atoms with Gasteiger partial charge in [-0.3, -0.25) is 0 Å². The van der Waals surface area contributed by atoms with Gasteiger partial charge < -0.3 is 9.84 Å². The number of hydrogen-bond acceptors (Lipinski definition) is 5. The van der Waals surface area contributed by atoms with Crippen molar-refractivity contribution in [3.8, 4) is 45.7 Å². The lowest BCUT2D eigenvalue weighted by atomic mass is 9.86. The predicted octanol–water partition coefficient (Wildman–Crippen LogP) is 9.77. The number of phenols is 1. The van der Waals surface area contributed by atoms with Crippen LogP contribution in [0.3, 0.4) is 0 Å². The maximum Gasteiger partial charge on any atom is 0.167 e. The average Bonchev–Trinajstić information content (AvgIpc) is 2.96. The van der Waals surface area contributed by atoms with Crippen LogP contribution in [0.4, 0.5) is 0 Å². The molecule has 1 heterocycles. The van der Waals surface area contributed by atoms with E-state index in [1.165, 1.54) is 24.0 Å². The van der Waals surface area contributed by atoms with Crippen molar-refractivity contribution in [2.45, 2.75) is 91.9 Å². The second-order valence-electron chi connectivity index (χ2n) is 13.3. The van der Waals surface area contributed by atoms with Crippen LogP contribution in [-0.4, -0.2) is 26.7 Å². The summed E-state index contributed by atoms with van der Waals surface area (Å²) in [6.45, 7) is 18.3. The normalized spacial score (nSPS) is 12.1. The van der Waals surface area contributed by atoms with Crippen LogP contribution in [0, 0.1) is 5.92 Å². The van der Waals surface area contributed by atoms with Crippen molar-refractivity contribution in [1.82, 2.24) is 15.0 Å². The van der Waals surface area contributed by atoms with Crippen molar-refractivity contribution in [3.63, 3.8) is 0 Å². The van der Waals surface area contributed by atoms with Gasteiger partial charge in [-0.15, -0.1) is 0 Å². The molecule has 0 bridgehead atoms. The zero-order chi connectivity index (χ0) is 30.5. The summed E-state index contributed by atoms with van der Waals surface area (Å²) in [5.74, 6) is 3.03. The zero-order valence-electron chi connectivity index (χ0n) is 26.7. The minimum atomic E-state index is 0.0477. The van der Waals surface area contributed by atoms with Gasteiger partial charge in [0.05, 0.1) is 12.2 Å². The molecule has 0 amide bonds. The molecule has 4 rings (SSSR count). The molecule has 3 aromatic carbocycles. The third-order valence-electron chi connectivity index (χ3n) is 8.04. The van der Waals surface area contributed by atoms with Crippen molar-refractivity contribution in [1.29, 1.82) is 0 Å². The Kier molecular flexibility index (Phi) is 9.71. The highest BCUT2D eigenvalue weighted by Gasteiger charge is 2.18. The molecule has 5 nitrogen and oxygen atoms in total. The van der Waals surface area contributed by atoms with Crippen LogP contribution in [0.2, 0.25) is 0 Å². The maximum atomic E-state index is 11.1. The number of nitrogens with zero attached hydrogens (tertiary/aromatic N) is 3. The van der Waals surface area contributed by atoms with E-state index in [2.05, 4.69) is 104 Å².